The van der Waals surface area contributed by atoms with Crippen LogP contribution in [0.4, 0.5) is 4.39 Å². The second-order valence-corrected chi connectivity index (χ2v) is 7.56. The van der Waals surface area contributed by atoms with Gasteiger partial charge in [0.2, 0.25) is 5.16 Å². The maximum Gasteiger partial charge on any atom is 0.209 e. The molecule has 0 fully saturated rings. The number of aryl methyl sites for hydroxylation is 1. The van der Waals surface area contributed by atoms with Crippen molar-refractivity contribution < 1.29 is 13.9 Å². The average molecular weight is 402 g/mol. The minimum absolute atomic E-state index is 0.00575. The Morgan fingerprint density at radius 3 is 2.82 bits per heavy atom. The molecule has 1 unspecified atom stereocenters. The lowest BCUT2D eigenvalue weighted by molar-refractivity contribution is 0.102. The summed E-state index contributed by atoms with van der Waals surface area (Å²) in [5.74, 6) is 0.187. The Morgan fingerprint density at radius 2 is 2.11 bits per heavy atom. The van der Waals surface area contributed by atoms with Crippen molar-refractivity contribution in [2.45, 2.75) is 32.0 Å². The van der Waals surface area contributed by atoms with Crippen LogP contribution in [0.1, 0.15) is 34.7 Å². The molecule has 0 bridgehead atoms. The highest BCUT2D eigenvalue weighted by atomic mass is 32.2. The van der Waals surface area contributed by atoms with Gasteiger partial charge in [0.15, 0.2) is 11.6 Å². The van der Waals surface area contributed by atoms with Crippen molar-refractivity contribution in [2.75, 3.05) is 19.5 Å². The Hall–Kier alpha value is -2.45. The minimum Gasteiger partial charge on any atom is -0.383 e. The highest BCUT2D eigenvalue weighted by Gasteiger charge is 2.19. The molecule has 6 nitrogen and oxygen atoms in total. The van der Waals surface area contributed by atoms with Crippen molar-refractivity contribution in [3.8, 4) is 11.4 Å². The summed E-state index contributed by atoms with van der Waals surface area (Å²) in [6.07, 6.45) is 0. The van der Waals surface area contributed by atoms with Crippen LogP contribution in [0.5, 0.6) is 0 Å². The lowest BCUT2D eigenvalue weighted by atomic mass is 10.2. The molecule has 1 atom stereocenters. The predicted molar refractivity (Wildman–Crippen MR) is 107 cm³/mol. The Bertz CT molecular complexity index is 982. The molecule has 0 saturated heterocycles. The number of carbonyl (C=O) groups is 1. The van der Waals surface area contributed by atoms with Gasteiger partial charge in [-0.25, -0.2) is 9.37 Å². The van der Waals surface area contributed by atoms with Crippen LogP contribution < -0.4 is 0 Å². The van der Waals surface area contributed by atoms with Gasteiger partial charge in [0, 0.05) is 24.1 Å². The molecular weight excluding hydrogens is 379 g/mol. The number of nitrogens with one attached hydrogen (secondary N) is 1. The maximum atomic E-state index is 13.9. The number of hydrogen-bond acceptors (Lipinski definition) is 5. The first kappa shape index (κ1) is 20.3. The summed E-state index contributed by atoms with van der Waals surface area (Å²) in [6.45, 7) is 6.57. The van der Waals surface area contributed by atoms with Crippen molar-refractivity contribution in [3.05, 3.63) is 53.1 Å². The number of aromatic amines is 1. The number of carbonyl (C=O) groups excluding carboxylic acids is 1. The first-order valence-electron chi connectivity index (χ1n) is 8.93. The molecule has 0 amide bonds. The van der Waals surface area contributed by atoms with E-state index >= 15 is 0 Å². The third-order valence-corrected chi connectivity index (χ3v) is 5.41. The molecule has 28 heavy (non-hydrogen) atoms. The van der Waals surface area contributed by atoms with Crippen LogP contribution in [0.2, 0.25) is 0 Å². The van der Waals surface area contributed by atoms with Crippen LogP contribution in [0.3, 0.4) is 0 Å². The summed E-state index contributed by atoms with van der Waals surface area (Å²) < 4.78 is 21.2. The molecule has 0 radical (unpaired) electrons. The fourth-order valence-electron chi connectivity index (χ4n) is 3.35. The third-order valence-electron chi connectivity index (χ3n) is 4.56. The Labute approximate surface area is 167 Å². The molecule has 0 aliphatic heterocycles. The number of thioether (sulfide) groups is 1. The SMILES string of the molecule is COCC(C)n1c(C)cc(C(=O)CSc2n[nH]c(-c3ccccc3F)n2)c1C. The lowest BCUT2D eigenvalue weighted by Gasteiger charge is -2.17. The van der Waals surface area contributed by atoms with E-state index in [1.54, 1.807) is 25.3 Å². The van der Waals surface area contributed by atoms with Crippen LogP contribution in [-0.2, 0) is 4.74 Å². The summed E-state index contributed by atoms with van der Waals surface area (Å²) in [5, 5.41) is 7.22. The van der Waals surface area contributed by atoms with E-state index in [2.05, 4.69) is 26.7 Å². The van der Waals surface area contributed by atoms with E-state index in [1.807, 2.05) is 19.9 Å². The first-order chi connectivity index (χ1) is 13.4. The van der Waals surface area contributed by atoms with Crippen molar-refractivity contribution in [1.82, 2.24) is 19.7 Å². The smallest absolute Gasteiger partial charge is 0.209 e. The maximum absolute atomic E-state index is 13.9. The molecule has 0 aliphatic rings. The second kappa shape index (κ2) is 8.70. The van der Waals surface area contributed by atoms with Gasteiger partial charge in [-0.2, -0.15) is 0 Å². The van der Waals surface area contributed by atoms with Gasteiger partial charge in [0.05, 0.1) is 24.0 Å². The van der Waals surface area contributed by atoms with Gasteiger partial charge in [-0.3, -0.25) is 9.89 Å². The van der Waals surface area contributed by atoms with Gasteiger partial charge in [-0.1, -0.05) is 23.9 Å². The number of ketones is 1. The number of halogens is 1. The van der Waals surface area contributed by atoms with E-state index in [-0.39, 0.29) is 23.4 Å². The Kier molecular flexibility index (Phi) is 6.31. The highest BCUT2D eigenvalue weighted by molar-refractivity contribution is 7.99. The summed E-state index contributed by atoms with van der Waals surface area (Å²) in [6, 6.07) is 8.41. The van der Waals surface area contributed by atoms with E-state index in [1.165, 1.54) is 17.8 Å². The van der Waals surface area contributed by atoms with Gasteiger partial charge >= 0.3 is 0 Å². The van der Waals surface area contributed by atoms with Crippen LogP contribution in [0.15, 0.2) is 35.5 Å². The molecular formula is C20H23FN4O2S. The van der Waals surface area contributed by atoms with Gasteiger partial charge < -0.3 is 9.30 Å². The number of rotatable bonds is 8. The number of H-pyrrole nitrogens is 1. The fourth-order valence-corrected chi connectivity index (χ4v) is 4.03. The number of ether oxygens (including phenoxy) is 1. The van der Waals surface area contributed by atoms with Crippen molar-refractivity contribution in [2.24, 2.45) is 0 Å². The van der Waals surface area contributed by atoms with Gasteiger partial charge in [0.25, 0.3) is 0 Å². The van der Waals surface area contributed by atoms with E-state index < -0.39 is 0 Å². The molecule has 8 heteroatoms. The molecule has 3 rings (SSSR count). The van der Waals surface area contributed by atoms with Crippen LogP contribution in [0.25, 0.3) is 11.4 Å². The van der Waals surface area contributed by atoms with Crippen molar-refractivity contribution >= 4 is 17.5 Å². The first-order valence-corrected chi connectivity index (χ1v) is 9.91. The summed E-state index contributed by atoms with van der Waals surface area (Å²) >= 11 is 1.23. The Balaban J connectivity index is 1.70. The predicted octanol–water partition coefficient (Wildman–Crippen LogP) is 4.21. The van der Waals surface area contributed by atoms with E-state index in [4.69, 9.17) is 4.74 Å². The second-order valence-electron chi connectivity index (χ2n) is 6.62. The number of nitrogens with zero attached hydrogens (tertiary/aromatic N) is 3. The summed E-state index contributed by atoms with van der Waals surface area (Å²) in [7, 11) is 1.67. The summed E-state index contributed by atoms with van der Waals surface area (Å²) in [5.41, 5.74) is 2.99. The standard InChI is InChI=1S/C20H23FN4O2S/c1-12-9-16(14(3)25(12)13(2)10-27-4)18(26)11-28-20-22-19(23-24-20)15-7-5-6-8-17(15)21/h5-9,13H,10-11H2,1-4H3,(H,22,23,24). The third kappa shape index (κ3) is 4.18. The number of methoxy groups -OCH3 is 1. The number of aromatic nitrogens is 4. The van der Waals surface area contributed by atoms with E-state index in [0.29, 0.717) is 28.7 Å². The zero-order valence-corrected chi connectivity index (χ0v) is 17.1. The lowest BCUT2D eigenvalue weighted by Crippen LogP contribution is -2.14. The monoisotopic (exact) mass is 402 g/mol. The number of benzene rings is 1. The molecule has 0 aliphatic carbocycles. The quantitative estimate of drug-likeness (QED) is 0.451. The molecule has 1 aromatic carbocycles. The van der Waals surface area contributed by atoms with Crippen molar-refractivity contribution in [1.29, 1.82) is 0 Å². The van der Waals surface area contributed by atoms with Crippen LogP contribution >= 0.6 is 11.8 Å². The molecule has 2 aromatic heterocycles. The molecule has 0 spiro atoms. The van der Waals surface area contributed by atoms with E-state index in [0.717, 1.165) is 11.4 Å². The highest BCUT2D eigenvalue weighted by Crippen LogP contribution is 2.25. The van der Waals surface area contributed by atoms with E-state index in [9.17, 15) is 9.18 Å². The molecule has 1 N–H and O–H groups in total. The molecule has 2 heterocycles. The zero-order valence-electron chi connectivity index (χ0n) is 16.3. The minimum atomic E-state index is -0.371. The summed E-state index contributed by atoms with van der Waals surface area (Å²) in [4.78, 5) is 17.0. The van der Waals surface area contributed by atoms with Gasteiger partial charge in [-0.05, 0) is 39.0 Å². The topological polar surface area (TPSA) is 72.8 Å². The largest absolute Gasteiger partial charge is 0.383 e. The van der Waals surface area contributed by atoms with Gasteiger partial charge in [0.1, 0.15) is 5.82 Å². The average Bonchev–Trinajstić information content (AvgIpc) is 3.24. The number of hydrogen-bond donors (Lipinski definition) is 1. The van der Waals surface area contributed by atoms with Crippen molar-refractivity contribution in [3.63, 3.8) is 0 Å². The van der Waals surface area contributed by atoms with Crippen LogP contribution in [-0.4, -0.2) is 45.0 Å². The van der Waals surface area contributed by atoms with Gasteiger partial charge in [-0.15, -0.1) is 5.10 Å². The molecule has 0 saturated carbocycles. The normalized spacial score (nSPS) is 12.3. The van der Waals surface area contributed by atoms with Crippen LogP contribution in [0, 0.1) is 19.7 Å². The number of Topliss-reactive ketones (excluding diaryl/α,β-unsaturated/α-hetero) is 1. The fraction of sp³-hybridized carbons (Fsp3) is 0.350. The molecule has 148 valence electrons. The zero-order chi connectivity index (χ0) is 20.3. The molecule has 3 aromatic rings. The Morgan fingerprint density at radius 1 is 1.36 bits per heavy atom.